The molecular weight excluding hydrogens is 186 g/mol. The molecule has 0 saturated carbocycles. The van der Waals surface area contributed by atoms with Gasteiger partial charge in [-0.1, -0.05) is 30.3 Å². The largest absolute Gasteiger partial charge is 0.242 e. The van der Waals surface area contributed by atoms with Gasteiger partial charge in [0.05, 0.1) is 5.75 Å². The predicted molar refractivity (Wildman–Crippen MR) is 51.9 cm³/mol. The minimum Gasteiger partial charge on any atom is -0.242 e. The Kier molecular flexibility index (Phi) is 3.45. The van der Waals surface area contributed by atoms with E-state index in [1.54, 1.807) is 0 Å². The van der Waals surface area contributed by atoms with Crippen molar-refractivity contribution in [3.63, 3.8) is 0 Å². The maximum atomic E-state index is 11.0. The molecule has 71 valence electrons. The van der Waals surface area contributed by atoms with Gasteiger partial charge < -0.3 is 0 Å². The third-order valence-corrected chi connectivity index (χ3v) is 3.03. The maximum Gasteiger partial charge on any atom is 0.164 e. The summed E-state index contributed by atoms with van der Waals surface area (Å²) in [7, 11) is -3.15. The molecule has 13 heavy (non-hydrogen) atoms. The Morgan fingerprint density at radius 1 is 1.15 bits per heavy atom. The van der Waals surface area contributed by atoms with Gasteiger partial charge in [0.25, 0.3) is 0 Å². The highest BCUT2D eigenvalue weighted by Gasteiger charge is 2.07. The molecule has 1 aromatic rings. The van der Waals surface area contributed by atoms with Crippen LogP contribution in [0.3, 0.4) is 0 Å². The fourth-order valence-electron chi connectivity index (χ4n) is 0.990. The highest BCUT2D eigenvalue weighted by molar-refractivity contribution is 7.91. The summed E-state index contributed by atoms with van der Waals surface area (Å²) in [5.74, 6) is -0.444. The van der Waals surface area contributed by atoms with Gasteiger partial charge in [-0.25, -0.2) is 14.2 Å². The van der Waals surface area contributed by atoms with E-state index in [0.29, 0.717) is 6.42 Å². The third-order valence-electron chi connectivity index (χ3n) is 1.76. The van der Waals surface area contributed by atoms with E-state index in [9.17, 15) is 8.42 Å². The van der Waals surface area contributed by atoms with Crippen LogP contribution in [0, 0.1) is 0 Å². The molecular formula is C9H12NO2S. The average Bonchev–Trinajstić information content (AvgIpc) is 2.17. The second kappa shape index (κ2) is 4.39. The molecule has 1 rings (SSSR count). The summed E-state index contributed by atoms with van der Waals surface area (Å²) in [6.07, 6.45) is 0.502. The summed E-state index contributed by atoms with van der Waals surface area (Å²) >= 11 is 0. The first kappa shape index (κ1) is 10.2. The van der Waals surface area contributed by atoms with Crippen molar-refractivity contribution in [1.82, 2.24) is 5.73 Å². The summed E-state index contributed by atoms with van der Waals surface area (Å²) in [4.78, 5) is 0. The second-order valence-electron chi connectivity index (χ2n) is 2.83. The van der Waals surface area contributed by atoms with E-state index in [0.717, 1.165) is 5.56 Å². The molecule has 4 heteroatoms. The lowest BCUT2D eigenvalue weighted by molar-refractivity contribution is 0.595. The van der Waals surface area contributed by atoms with Gasteiger partial charge in [0.15, 0.2) is 9.84 Å². The summed E-state index contributed by atoms with van der Waals surface area (Å²) in [6.45, 7) is 0. The van der Waals surface area contributed by atoms with E-state index in [1.165, 1.54) is 0 Å². The van der Waals surface area contributed by atoms with Gasteiger partial charge in [-0.3, -0.25) is 0 Å². The number of nitrogens with one attached hydrogen (secondary N) is 1. The average molecular weight is 198 g/mol. The number of aryl methyl sites for hydroxylation is 1. The second-order valence-corrected chi connectivity index (χ2v) is 5.01. The number of rotatable bonds is 4. The summed E-state index contributed by atoms with van der Waals surface area (Å²) < 4.78 is 22.0. The van der Waals surface area contributed by atoms with Gasteiger partial charge in [-0.05, 0) is 12.0 Å². The Bertz CT molecular complexity index is 345. The summed E-state index contributed by atoms with van der Waals surface area (Å²) in [5, 5.41) is 0. The van der Waals surface area contributed by atoms with Crippen LogP contribution in [-0.2, 0) is 16.3 Å². The predicted octanol–water partition coefficient (Wildman–Crippen LogP) is 0.884. The van der Waals surface area contributed by atoms with Crippen LogP contribution in [0.2, 0.25) is 0 Å². The van der Waals surface area contributed by atoms with Crippen molar-refractivity contribution in [2.45, 2.75) is 6.42 Å². The number of benzene rings is 1. The van der Waals surface area contributed by atoms with E-state index < -0.39 is 15.7 Å². The normalized spacial score (nSPS) is 11.5. The number of sulfone groups is 1. The first-order chi connectivity index (χ1) is 6.14. The molecule has 0 aliphatic rings. The van der Waals surface area contributed by atoms with Crippen LogP contribution in [-0.4, -0.2) is 20.0 Å². The van der Waals surface area contributed by atoms with Gasteiger partial charge in [0, 0.05) is 0 Å². The van der Waals surface area contributed by atoms with Crippen molar-refractivity contribution in [3.05, 3.63) is 35.9 Å². The zero-order valence-corrected chi connectivity index (χ0v) is 8.05. The molecule has 0 fully saturated rings. The van der Waals surface area contributed by atoms with Gasteiger partial charge in [-0.2, -0.15) is 0 Å². The fourth-order valence-corrected chi connectivity index (χ4v) is 1.68. The van der Waals surface area contributed by atoms with Gasteiger partial charge in [0.2, 0.25) is 0 Å². The van der Waals surface area contributed by atoms with Crippen molar-refractivity contribution in [2.24, 2.45) is 0 Å². The number of hydrogen-bond acceptors (Lipinski definition) is 2. The molecule has 3 nitrogen and oxygen atoms in total. The van der Waals surface area contributed by atoms with Crippen LogP contribution in [0.15, 0.2) is 30.3 Å². The quantitative estimate of drug-likeness (QED) is 0.721. The van der Waals surface area contributed by atoms with Crippen LogP contribution in [0.25, 0.3) is 0 Å². The standard InChI is InChI=1S/C9H12NO2S/c10-8-13(11,12)7-6-9-4-2-1-3-5-9/h1-5,10H,6-8H2. The molecule has 0 saturated heterocycles. The Morgan fingerprint density at radius 3 is 2.31 bits per heavy atom. The highest BCUT2D eigenvalue weighted by Crippen LogP contribution is 2.01. The summed E-state index contributed by atoms with van der Waals surface area (Å²) in [5.41, 5.74) is 7.78. The minimum absolute atomic E-state index is 0.0700. The van der Waals surface area contributed by atoms with Gasteiger partial charge in [0.1, 0.15) is 5.88 Å². The van der Waals surface area contributed by atoms with Gasteiger partial charge in [-0.15, -0.1) is 0 Å². The molecule has 1 aromatic carbocycles. The summed E-state index contributed by atoms with van der Waals surface area (Å²) in [6, 6.07) is 9.42. The molecule has 0 aromatic heterocycles. The Morgan fingerprint density at radius 2 is 1.77 bits per heavy atom. The molecule has 1 N–H and O–H groups in total. The SMILES string of the molecule is [NH]CS(=O)(=O)CCc1ccccc1. The molecule has 0 aliphatic carbocycles. The monoisotopic (exact) mass is 198 g/mol. The first-order valence-corrected chi connectivity index (χ1v) is 5.85. The van der Waals surface area contributed by atoms with Crippen molar-refractivity contribution in [3.8, 4) is 0 Å². The molecule has 0 unspecified atom stereocenters. The van der Waals surface area contributed by atoms with Crippen LogP contribution in [0.5, 0.6) is 0 Å². The third kappa shape index (κ3) is 3.57. The van der Waals surface area contributed by atoms with E-state index >= 15 is 0 Å². The molecule has 1 radical (unpaired) electrons. The van der Waals surface area contributed by atoms with Crippen LogP contribution >= 0.6 is 0 Å². The zero-order chi connectivity index (χ0) is 9.73. The molecule has 0 atom stereocenters. The molecule has 0 spiro atoms. The van der Waals surface area contributed by atoms with E-state index in [4.69, 9.17) is 5.73 Å². The first-order valence-electron chi connectivity index (χ1n) is 4.03. The van der Waals surface area contributed by atoms with Crippen LogP contribution < -0.4 is 5.73 Å². The smallest absolute Gasteiger partial charge is 0.164 e. The lowest BCUT2D eigenvalue weighted by Crippen LogP contribution is -2.13. The topological polar surface area (TPSA) is 57.9 Å². The van der Waals surface area contributed by atoms with Crippen molar-refractivity contribution >= 4 is 9.84 Å². The van der Waals surface area contributed by atoms with Crippen LogP contribution in [0.4, 0.5) is 0 Å². The minimum atomic E-state index is -3.15. The molecule has 0 heterocycles. The highest BCUT2D eigenvalue weighted by atomic mass is 32.2. The van der Waals surface area contributed by atoms with Crippen LogP contribution in [0.1, 0.15) is 5.56 Å². The Balaban J connectivity index is 2.54. The van der Waals surface area contributed by atoms with Crippen molar-refractivity contribution in [1.29, 1.82) is 0 Å². The lowest BCUT2D eigenvalue weighted by Gasteiger charge is -2.00. The maximum absolute atomic E-state index is 11.0. The molecule has 0 bridgehead atoms. The molecule has 0 aliphatic heterocycles. The van der Waals surface area contributed by atoms with Gasteiger partial charge >= 0.3 is 0 Å². The zero-order valence-electron chi connectivity index (χ0n) is 7.23. The number of hydrogen-bond donors (Lipinski definition) is 0. The van der Waals surface area contributed by atoms with Crippen molar-refractivity contribution in [2.75, 3.05) is 11.6 Å². The van der Waals surface area contributed by atoms with E-state index in [1.807, 2.05) is 30.3 Å². The Labute approximate surface area is 78.5 Å². The van der Waals surface area contributed by atoms with E-state index in [2.05, 4.69) is 0 Å². The lowest BCUT2D eigenvalue weighted by atomic mass is 10.2. The van der Waals surface area contributed by atoms with E-state index in [-0.39, 0.29) is 5.75 Å². The Hall–Kier alpha value is -0.870. The molecule has 0 amide bonds. The fraction of sp³-hybridized carbons (Fsp3) is 0.333. The van der Waals surface area contributed by atoms with Crippen molar-refractivity contribution < 1.29 is 8.42 Å².